The molecule has 132 valence electrons. The van der Waals surface area contributed by atoms with Crippen molar-refractivity contribution in [2.24, 2.45) is 0 Å². The Morgan fingerprint density at radius 2 is 1.08 bits per heavy atom. The molecule has 25 heavy (non-hydrogen) atoms. The normalized spacial score (nSPS) is 11.1. The summed E-state index contributed by atoms with van der Waals surface area (Å²) in [6.45, 7) is 5.32. The highest BCUT2D eigenvalue weighted by atomic mass is 16.5. The lowest BCUT2D eigenvalue weighted by Gasteiger charge is -2.10. The van der Waals surface area contributed by atoms with Crippen LogP contribution in [0.2, 0.25) is 0 Å². The third-order valence-electron chi connectivity index (χ3n) is 3.34. The Morgan fingerprint density at radius 1 is 0.640 bits per heavy atom. The van der Waals surface area contributed by atoms with Crippen molar-refractivity contribution in [1.29, 1.82) is 0 Å². The largest absolute Gasteiger partial charge is 0.489 e. The van der Waals surface area contributed by atoms with Crippen molar-refractivity contribution >= 4 is 0 Å². The molecule has 0 heterocycles. The van der Waals surface area contributed by atoms with Crippen molar-refractivity contribution in [3.05, 3.63) is 72.8 Å². The minimum absolute atomic E-state index is 0.561. The third-order valence-corrected chi connectivity index (χ3v) is 3.34. The molecular formula is C22H26O3. The molecule has 0 N–H and O–H groups in total. The molecule has 0 aliphatic rings. The molecule has 0 spiro atoms. The summed E-state index contributed by atoms with van der Waals surface area (Å²) in [7, 11) is 0. The van der Waals surface area contributed by atoms with Gasteiger partial charge in [0, 0.05) is 12.1 Å². The van der Waals surface area contributed by atoms with Crippen molar-refractivity contribution < 1.29 is 14.2 Å². The Labute approximate surface area is 150 Å². The number of hydrogen-bond acceptors (Lipinski definition) is 3. The summed E-state index contributed by atoms with van der Waals surface area (Å²) >= 11 is 0. The zero-order valence-corrected chi connectivity index (χ0v) is 15.0. The summed E-state index contributed by atoms with van der Waals surface area (Å²) in [5.74, 6) is 3.05. The van der Waals surface area contributed by atoms with Gasteiger partial charge in [0.25, 0.3) is 0 Å². The molecule has 0 unspecified atom stereocenters. The van der Waals surface area contributed by atoms with Gasteiger partial charge in [-0.25, -0.2) is 0 Å². The van der Waals surface area contributed by atoms with E-state index in [2.05, 4.69) is 26.0 Å². The molecule has 0 aromatic heterocycles. The van der Waals surface area contributed by atoms with Crippen molar-refractivity contribution in [1.82, 2.24) is 0 Å². The van der Waals surface area contributed by atoms with Gasteiger partial charge in [-0.15, -0.1) is 0 Å². The predicted octanol–water partition coefficient (Wildman–Crippen LogP) is 6.17. The molecule has 0 amide bonds. The second-order valence-electron chi connectivity index (χ2n) is 5.43. The molecule has 0 fully saturated rings. The van der Waals surface area contributed by atoms with Gasteiger partial charge in [0.1, 0.15) is 36.2 Å². The summed E-state index contributed by atoms with van der Waals surface area (Å²) in [6.07, 6.45) is 10.2. The minimum atomic E-state index is 0.561. The topological polar surface area (TPSA) is 27.7 Å². The molecule has 3 nitrogen and oxygen atoms in total. The highest BCUT2D eigenvalue weighted by molar-refractivity contribution is 5.39. The van der Waals surface area contributed by atoms with E-state index in [1.54, 1.807) is 0 Å². The van der Waals surface area contributed by atoms with Crippen LogP contribution in [0, 0.1) is 0 Å². The lowest BCUT2D eigenvalue weighted by Crippen LogP contribution is -1.95. The molecule has 0 bridgehead atoms. The van der Waals surface area contributed by atoms with Gasteiger partial charge in [0.15, 0.2) is 0 Å². The van der Waals surface area contributed by atoms with Gasteiger partial charge in [0.2, 0.25) is 0 Å². The summed E-state index contributed by atoms with van der Waals surface area (Å²) in [4.78, 5) is 0. The van der Waals surface area contributed by atoms with Crippen LogP contribution in [0.4, 0.5) is 0 Å². The summed E-state index contributed by atoms with van der Waals surface area (Å²) < 4.78 is 17.3. The first kappa shape index (κ1) is 18.7. The summed E-state index contributed by atoms with van der Waals surface area (Å²) in [5.41, 5.74) is 0. The Balaban J connectivity index is 1.94. The van der Waals surface area contributed by atoms with Crippen LogP contribution in [0.5, 0.6) is 23.0 Å². The Morgan fingerprint density at radius 3 is 1.52 bits per heavy atom. The first-order valence-electron chi connectivity index (χ1n) is 8.75. The molecular weight excluding hydrogens is 312 g/mol. The SMILES string of the molecule is CCC=CCOc1cccc(Oc2cccc(OCC=CCC)c2)c1. The van der Waals surface area contributed by atoms with Gasteiger partial charge in [-0.1, -0.05) is 50.3 Å². The Bertz CT molecular complexity index is 630. The van der Waals surface area contributed by atoms with E-state index in [-0.39, 0.29) is 0 Å². The zero-order valence-electron chi connectivity index (χ0n) is 15.0. The number of benzene rings is 2. The van der Waals surface area contributed by atoms with Crippen LogP contribution in [-0.2, 0) is 0 Å². The molecule has 2 rings (SSSR count). The molecule has 0 aliphatic carbocycles. The predicted molar refractivity (Wildman–Crippen MR) is 103 cm³/mol. The lowest BCUT2D eigenvalue weighted by molar-refractivity contribution is 0.357. The maximum Gasteiger partial charge on any atom is 0.131 e. The highest BCUT2D eigenvalue weighted by Crippen LogP contribution is 2.27. The van der Waals surface area contributed by atoms with Crippen molar-refractivity contribution in [3.8, 4) is 23.0 Å². The molecule has 0 saturated heterocycles. The van der Waals surface area contributed by atoms with Gasteiger partial charge in [-0.2, -0.15) is 0 Å². The van der Waals surface area contributed by atoms with E-state index in [1.165, 1.54) is 0 Å². The fourth-order valence-corrected chi connectivity index (χ4v) is 2.15. The van der Waals surface area contributed by atoms with E-state index in [1.807, 2.05) is 60.7 Å². The van der Waals surface area contributed by atoms with E-state index >= 15 is 0 Å². The summed E-state index contributed by atoms with van der Waals surface area (Å²) in [5, 5.41) is 0. The van der Waals surface area contributed by atoms with Crippen molar-refractivity contribution in [2.75, 3.05) is 13.2 Å². The van der Waals surface area contributed by atoms with E-state index in [0.29, 0.717) is 13.2 Å². The molecule has 2 aromatic rings. The minimum Gasteiger partial charge on any atom is -0.489 e. The maximum absolute atomic E-state index is 5.92. The van der Waals surface area contributed by atoms with E-state index in [9.17, 15) is 0 Å². The molecule has 0 radical (unpaired) electrons. The number of hydrogen-bond donors (Lipinski definition) is 0. The van der Waals surface area contributed by atoms with Gasteiger partial charge in [-0.05, 0) is 37.1 Å². The number of ether oxygens (including phenoxy) is 3. The van der Waals surface area contributed by atoms with Crippen molar-refractivity contribution in [2.45, 2.75) is 26.7 Å². The first-order chi connectivity index (χ1) is 12.3. The quantitative estimate of drug-likeness (QED) is 0.485. The smallest absolute Gasteiger partial charge is 0.131 e. The van der Waals surface area contributed by atoms with Gasteiger partial charge >= 0.3 is 0 Å². The molecule has 0 saturated carbocycles. The zero-order chi connectivity index (χ0) is 17.7. The van der Waals surface area contributed by atoms with Crippen LogP contribution >= 0.6 is 0 Å². The first-order valence-corrected chi connectivity index (χ1v) is 8.75. The second-order valence-corrected chi connectivity index (χ2v) is 5.43. The standard InChI is InChI=1S/C22H26O3/c1-3-5-7-15-23-19-11-9-13-21(17-19)25-22-14-10-12-20(18-22)24-16-8-6-4-2/h5-14,17-18H,3-4,15-16H2,1-2H3. The third kappa shape index (κ3) is 7.17. The summed E-state index contributed by atoms with van der Waals surface area (Å²) in [6, 6.07) is 15.3. The van der Waals surface area contributed by atoms with Gasteiger partial charge < -0.3 is 14.2 Å². The second kappa shape index (κ2) is 11.0. The highest BCUT2D eigenvalue weighted by Gasteiger charge is 2.02. The fraction of sp³-hybridized carbons (Fsp3) is 0.273. The van der Waals surface area contributed by atoms with Crippen LogP contribution in [0.1, 0.15) is 26.7 Å². The number of rotatable bonds is 10. The van der Waals surface area contributed by atoms with Crippen LogP contribution in [0.25, 0.3) is 0 Å². The lowest BCUT2D eigenvalue weighted by atomic mass is 10.3. The van der Waals surface area contributed by atoms with Crippen LogP contribution in [0.15, 0.2) is 72.8 Å². The van der Waals surface area contributed by atoms with Crippen LogP contribution in [0.3, 0.4) is 0 Å². The average Bonchev–Trinajstić information content (AvgIpc) is 2.63. The van der Waals surface area contributed by atoms with Crippen LogP contribution < -0.4 is 14.2 Å². The maximum atomic E-state index is 5.92. The molecule has 0 atom stereocenters. The Kier molecular flexibility index (Phi) is 8.19. The van der Waals surface area contributed by atoms with Gasteiger partial charge in [0.05, 0.1) is 0 Å². The van der Waals surface area contributed by atoms with E-state index in [0.717, 1.165) is 35.8 Å². The fourth-order valence-electron chi connectivity index (χ4n) is 2.15. The Hall–Kier alpha value is -2.68. The van der Waals surface area contributed by atoms with E-state index < -0.39 is 0 Å². The monoisotopic (exact) mass is 338 g/mol. The van der Waals surface area contributed by atoms with Crippen LogP contribution in [-0.4, -0.2) is 13.2 Å². The molecule has 0 aliphatic heterocycles. The number of allylic oxidation sites excluding steroid dienone is 2. The van der Waals surface area contributed by atoms with Gasteiger partial charge in [-0.3, -0.25) is 0 Å². The molecule has 3 heteroatoms. The average molecular weight is 338 g/mol. The molecule has 2 aromatic carbocycles. The van der Waals surface area contributed by atoms with Crippen molar-refractivity contribution in [3.63, 3.8) is 0 Å². The van der Waals surface area contributed by atoms with E-state index in [4.69, 9.17) is 14.2 Å².